The Bertz CT molecular complexity index is 894. The molecule has 0 fully saturated rings. The zero-order valence-corrected chi connectivity index (χ0v) is 15.7. The van der Waals surface area contributed by atoms with Gasteiger partial charge in [0.15, 0.2) is 12.4 Å². The van der Waals surface area contributed by atoms with Gasteiger partial charge in [-0.2, -0.15) is 0 Å². The van der Waals surface area contributed by atoms with Crippen molar-refractivity contribution in [3.8, 4) is 11.5 Å². The van der Waals surface area contributed by atoms with E-state index in [1.807, 2.05) is 24.3 Å². The van der Waals surface area contributed by atoms with Crippen LogP contribution in [0.4, 0.5) is 0 Å². The summed E-state index contributed by atoms with van der Waals surface area (Å²) in [6, 6.07) is 11.3. The van der Waals surface area contributed by atoms with Crippen LogP contribution in [-0.2, 0) is 16.0 Å². The van der Waals surface area contributed by atoms with Crippen LogP contribution in [0.2, 0.25) is 0 Å². The molecule has 0 radical (unpaired) electrons. The minimum absolute atomic E-state index is 0.162. The van der Waals surface area contributed by atoms with Crippen molar-refractivity contribution in [3.63, 3.8) is 0 Å². The summed E-state index contributed by atoms with van der Waals surface area (Å²) in [7, 11) is 0. The fourth-order valence-corrected chi connectivity index (χ4v) is 2.86. The number of Topliss-reactive ketones (excluding diaryl/α,β-unsaturated/α-hetero) is 1. The molecule has 0 bridgehead atoms. The normalized spacial score (nSPS) is 14.0. The monoisotopic (exact) mass is 366 g/mol. The Morgan fingerprint density at radius 2 is 1.85 bits per heavy atom. The second-order valence-electron chi connectivity index (χ2n) is 6.19. The van der Waals surface area contributed by atoms with E-state index in [-0.39, 0.29) is 18.1 Å². The highest BCUT2D eigenvalue weighted by Crippen LogP contribution is 2.39. The Morgan fingerprint density at radius 3 is 2.52 bits per heavy atom. The third kappa shape index (κ3) is 4.03. The molecule has 0 aliphatic carbocycles. The van der Waals surface area contributed by atoms with Gasteiger partial charge < -0.3 is 14.2 Å². The maximum atomic E-state index is 12.6. The molecule has 27 heavy (non-hydrogen) atoms. The minimum atomic E-state index is -0.439. The molecule has 1 aliphatic rings. The van der Waals surface area contributed by atoms with Crippen LogP contribution in [0.1, 0.15) is 40.9 Å². The van der Waals surface area contributed by atoms with Crippen LogP contribution in [0.3, 0.4) is 0 Å². The fraction of sp³-hybridized carbons (Fsp3) is 0.273. The van der Waals surface area contributed by atoms with Crippen molar-refractivity contribution in [2.45, 2.75) is 27.2 Å². The number of carbonyl (C=O) groups excluding carboxylic acids is 2. The molecule has 1 heterocycles. The topological polar surface area (TPSA) is 61.8 Å². The summed E-state index contributed by atoms with van der Waals surface area (Å²) in [5.41, 5.74) is 3.31. The lowest BCUT2D eigenvalue weighted by Crippen LogP contribution is -2.15. The van der Waals surface area contributed by atoms with Gasteiger partial charge in [-0.1, -0.05) is 31.2 Å². The van der Waals surface area contributed by atoms with E-state index in [1.165, 1.54) is 5.56 Å². The Hall–Kier alpha value is -3.08. The van der Waals surface area contributed by atoms with Gasteiger partial charge in [0.1, 0.15) is 11.5 Å². The van der Waals surface area contributed by atoms with Gasteiger partial charge in [-0.05, 0) is 49.6 Å². The van der Waals surface area contributed by atoms with Crippen molar-refractivity contribution in [2.24, 2.45) is 0 Å². The van der Waals surface area contributed by atoms with Crippen molar-refractivity contribution in [2.75, 3.05) is 13.2 Å². The molecule has 2 aromatic rings. The van der Waals surface area contributed by atoms with Crippen molar-refractivity contribution in [1.82, 2.24) is 0 Å². The molecule has 5 nitrogen and oxygen atoms in total. The van der Waals surface area contributed by atoms with Gasteiger partial charge in [0.05, 0.1) is 12.2 Å². The molecular formula is C22H22O5. The highest BCUT2D eigenvalue weighted by atomic mass is 16.6. The zero-order chi connectivity index (χ0) is 19.4. The van der Waals surface area contributed by atoms with Crippen molar-refractivity contribution >= 4 is 17.8 Å². The first-order chi connectivity index (χ1) is 13.0. The second kappa shape index (κ2) is 8.08. The molecule has 5 heteroatoms. The molecule has 0 spiro atoms. The molecule has 0 unspecified atom stereocenters. The second-order valence-corrected chi connectivity index (χ2v) is 6.19. The number of fused-ring (bicyclic) bond motifs is 1. The number of allylic oxidation sites excluding steroid dienone is 1. The van der Waals surface area contributed by atoms with Gasteiger partial charge >= 0.3 is 5.97 Å². The summed E-state index contributed by atoms with van der Waals surface area (Å²) in [6.07, 6.45) is 2.70. The maximum Gasteiger partial charge on any atom is 0.344 e. The van der Waals surface area contributed by atoms with E-state index in [1.54, 1.807) is 32.1 Å². The lowest BCUT2D eigenvalue weighted by molar-refractivity contribution is -0.145. The quantitative estimate of drug-likeness (QED) is 0.569. The van der Waals surface area contributed by atoms with Crippen LogP contribution in [-0.4, -0.2) is 25.0 Å². The molecule has 140 valence electrons. The zero-order valence-electron chi connectivity index (χ0n) is 15.7. The predicted molar refractivity (Wildman–Crippen MR) is 102 cm³/mol. The molecule has 3 rings (SSSR count). The van der Waals surface area contributed by atoms with Crippen LogP contribution in [0.15, 0.2) is 42.2 Å². The Kier molecular flexibility index (Phi) is 5.60. The van der Waals surface area contributed by atoms with E-state index < -0.39 is 5.97 Å². The Labute approximate surface area is 158 Å². The van der Waals surface area contributed by atoms with Crippen LogP contribution < -0.4 is 9.47 Å². The highest BCUT2D eigenvalue weighted by molar-refractivity contribution is 6.14. The SMILES string of the molecule is CCOC(=O)COc1ccc2c(c1C)O/C(=C\c1ccc(CC)cc1)C2=O. The van der Waals surface area contributed by atoms with Gasteiger partial charge in [0, 0.05) is 5.56 Å². The lowest BCUT2D eigenvalue weighted by atomic mass is 10.0. The van der Waals surface area contributed by atoms with Crippen molar-refractivity contribution in [1.29, 1.82) is 0 Å². The standard InChI is InChI=1S/C22H22O5/c1-4-15-6-8-16(9-7-15)12-19-21(24)17-10-11-18(14(3)22(17)27-19)26-13-20(23)25-5-2/h6-12H,4-5,13H2,1-3H3/b19-12-. The summed E-state index contributed by atoms with van der Waals surface area (Å²) in [4.78, 5) is 24.1. The van der Waals surface area contributed by atoms with E-state index in [0.29, 0.717) is 29.2 Å². The number of ether oxygens (including phenoxy) is 3. The number of carbonyl (C=O) groups is 2. The van der Waals surface area contributed by atoms with E-state index in [9.17, 15) is 9.59 Å². The average Bonchev–Trinajstić information content (AvgIpc) is 2.99. The molecule has 0 saturated heterocycles. The summed E-state index contributed by atoms with van der Waals surface area (Å²) in [6.45, 7) is 5.75. The molecule has 0 atom stereocenters. The number of hydrogen-bond acceptors (Lipinski definition) is 5. The van der Waals surface area contributed by atoms with Crippen LogP contribution >= 0.6 is 0 Å². The van der Waals surface area contributed by atoms with Crippen molar-refractivity contribution in [3.05, 3.63) is 64.4 Å². The first-order valence-electron chi connectivity index (χ1n) is 8.98. The molecule has 2 aromatic carbocycles. The maximum absolute atomic E-state index is 12.6. The molecular weight excluding hydrogens is 344 g/mol. The number of aryl methyl sites for hydroxylation is 1. The molecule has 0 N–H and O–H groups in total. The first kappa shape index (κ1) is 18.7. The van der Waals surface area contributed by atoms with E-state index in [0.717, 1.165) is 12.0 Å². The summed E-state index contributed by atoms with van der Waals surface area (Å²) in [5.74, 6) is 0.635. The number of rotatable bonds is 6. The number of benzene rings is 2. The highest BCUT2D eigenvalue weighted by Gasteiger charge is 2.30. The van der Waals surface area contributed by atoms with Crippen LogP contribution in [0.25, 0.3) is 6.08 Å². The average molecular weight is 366 g/mol. The third-order valence-electron chi connectivity index (χ3n) is 4.37. The van der Waals surface area contributed by atoms with Gasteiger partial charge in [0.2, 0.25) is 5.78 Å². The molecule has 0 saturated carbocycles. The third-order valence-corrected chi connectivity index (χ3v) is 4.37. The minimum Gasteiger partial charge on any atom is -0.481 e. The number of ketones is 1. The van der Waals surface area contributed by atoms with Gasteiger partial charge in [0.25, 0.3) is 0 Å². The summed E-state index contributed by atoms with van der Waals surface area (Å²) < 4.78 is 16.2. The largest absolute Gasteiger partial charge is 0.481 e. The first-order valence-corrected chi connectivity index (χ1v) is 8.98. The predicted octanol–water partition coefficient (Wildman–Crippen LogP) is 4.12. The van der Waals surface area contributed by atoms with Crippen LogP contribution in [0, 0.1) is 6.92 Å². The Morgan fingerprint density at radius 1 is 1.11 bits per heavy atom. The smallest absolute Gasteiger partial charge is 0.344 e. The van der Waals surface area contributed by atoms with Crippen molar-refractivity contribution < 1.29 is 23.8 Å². The van der Waals surface area contributed by atoms with E-state index in [2.05, 4.69) is 6.92 Å². The molecule has 1 aliphatic heterocycles. The fourth-order valence-electron chi connectivity index (χ4n) is 2.86. The Balaban J connectivity index is 1.80. The van der Waals surface area contributed by atoms with E-state index >= 15 is 0 Å². The van der Waals surface area contributed by atoms with Crippen LogP contribution in [0.5, 0.6) is 11.5 Å². The van der Waals surface area contributed by atoms with Gasteiger partial charge in [-0.25, -0.2) is 4.79 Å². The number of hydrogen-bond donors (Lipinski definition) is 0. The lowest BCUT2D eigenvalue weighted by Gasteiger charge is -2.10. The summed E-state index contributed by atoms with van der Waals surface area (Å²) in [5, 5.41) is 0. The molecule has 0 amide bonds. The van der Waals surface area contributed by atoms with Gasteiger partial charge in [-0.15, -0.1) is 0 Å². The van der Waals surface area contributed by atoms with Gasteiger partial charge in [-0.3, -0.25) is 4.79 Å². The number of esters is 1. The molecule has 0 aromatic heterocycles. The summed E-state index contributed by atoms with van der Waals surface area (Å²) >= 11 is 0. The van der Waals surface area contributed by atoms with E-state index in [4.69, 9.17) is 14.2 Å².